The number of amides is 1. The number of hydrogen-bond acceptors (Lipinski definition) is 5. The van der Waals surface area contributed by atoms with Crippen LogP contribution in [0.5, 0.6) is 0 Å². The molecule has 25 heavy (non-hydrogen) atoms. The van der Waals surface area contributed by atoms with Crippen LogP contribution in [0.25, 0.3) is 10.6 Å². The molecule has 3 rings (SSSR count). The molecule has 0 aliphatic carbocycles. The zero-order valence-corrected chi connectivity index (χ0v) is 16.0. The van der Waals surface area contributed by atoms with Gasteiger partial charge in [0.2, 0.25) is 0 Å². The fraction of sp³-hybridized carbons (Fsp3) is 0.0588. The number of carbonyl (C=O) groups is 1. The molecule has 0 radical (unpaired) electrons. The predicted octanol–water partition coefficient (Wildman–Crippen LogP) is 4.88. The third kappa shape index (κ3) is 3.85. The van der Waals surface area contributed by atoms with Crippen molar-refractivity contribution in [3.8, 4) is 10.6 Å². The molecule has 1 heterocycles. The second-order valence-corrected chi connectivity index (χ2v) is 7.30. The van der Waals surface area contributed by atoms with Crippen LogP contribution < -0.4 is 5.32 Å². The van der Waals surface area contributed by atoms with E-state index >= 15 is 0 Å². The van der Waals surface area contributed by atoms with Crippen LogP contribution in [-0.4, -0.2) is 15.8 Å². The van der Waals surface area contributed by atoms with Gasteiger partial charge in [-0.25, -0.2) is 4.98 Å². The van der Waals surface area contributed by atoms with Crippen molar-refractivity contribution in [2.45, 2.75) is 6.92 Å². The molecule has 0 spiro atoms. The number of aryl methyl sites for hydroxylation is 1. The molecule has 1 aromatic heterocycles. The van der Waals surface area contributed by atoms with Crippen LogP contribution in [0.15, 0.2) is 48.0 Å². The Morgan fingerprint density at radius 2 is 2.08 bits per heavy atom. The minimum absolute atomic E-state index is 0.112. The molecule has 0 fully saturated rings. The first kappa shape index (κ1) is 17.5. The van der Waals surface area contributed by atoms with E-state index in [1.807, 2.05) is 53.1 Å². The minimum Gasteiger partial charge on any atom is -0.322 e. The summed E-state index contributed by atoms with van der Waals surface area (Å²) in [6, 6.07) is 9.94. The molecule has 1 N–H and O–H groups in total. The van der Waals surface area contributed by atoms with Gasteiger partial charge in [0.15, 0.2) is 0 Å². The predicted molar refractivity (Wildman–Crippen MR) is 106 cm³/mol. The molecule has 0 bridgehead atoms. The van der Waals surface area contributed by atoms with E-state index in [0.29, 0.717) is 9.26 Å². The maximum atomic E-state index is 12.6. The number of aromatic nitrogens is 1. The molecule has 1 amide bonds. The summed E-state index contributed by atoms with van der Waals surface area (Å²) < 4.78 is 0.648. The van der Waals surface area contributed by atoms with E-state index in [4.69, 9.17) is 0 Å². The smallest absolute Gasteiger partial charge is 0.270 e. The zero-order valence-electron chi connectivity index (χ0n) is 13.0. The minimum atomic E-state index is -0.513. The summed E-state index contributed by atoms with van der Waals surface area (Å²) in [5.74, 6) is -0.382. The molecular formula is C17H12IN3O3S. The highest BCUT2D eigenvalue weighted by molar-refractivity contribution is 14.1. The standard InChI is InChI=1S/C17H12IN3O3S/c1-10-2-3-11(17-19-6-7-25-17)8-15(10)20-16(22)13-9-12(21(23)24)4-5-14(13)18/h2-9H,1H3,(H,20,22). The Labute approximate surface area is 161 Å². The van der Waals surface area contributed by atoms with Crippen molar-refractivity contribution in [1.29, 1.82) is 0 Å². The molecule has 0 saturated heterocycles. The Kier molecular flexibility index (Phi) is 5.09. The number of non-ortho nitro benzene ring substituents is 1. The van der Waals surface area contributed by atoms with Crippen molar-refractivity contribution < 1.29 is 9.72 Å². The van der Waals surface area contributed by atoms with Crippen LogP contribution in [0.2, 0.25) is 0 Å². The van der Waals surface area contributed by atoms with E-state index in [9.17, 15) is 14.9 Å². The Morgan fingerprint density at radius 3 is 2.76 bits per heavy atom. The van der Waals surface area contributed by atoms with Gasteiger partial charge < -0.3 is 5.32 Å². The Balaban J connectivity index is 1.92. The lowest BCUT2D eigenvalue weighted by molar-refractivity contribution is -0.384. The van der Waals surface area contributed by atoms with E-state index in [-0.39, 0.29) is 17.2 Å². The number of nitrogens with one attached hydrogen (secondary N) is 1. The van der Waals surface area contributed by atoms with Gasteiger partial charge in [-0.3, -0.25) is 14.9 Å². The number of hydrogen-bond donors (Lipinski definition) is 1. The number of thiazole rings is 1. The van der Waals surface area contributed by atoms with Crippen molar-refractivity contribution >= 4 is 51.2 Å². The van der Waals surface area contributed by atoms with Crippen LogP contribution >= 0.6 is 33.9 Å². The van der Waals surface area contributed by atoms with E-state index in [1.54, 1.807) is 12.3 Å². The average Bonchev–Trinajstić information content (AvgIpc) is 3.11. The highest BCUT2D eigenvalue weighted by Gasteiger charge is 2.16. The van der Waals surface area contributed by atoms with Gasteiger partial charge in [0.1, 0.15) is 5.01 Å². The monoisotopic (exact) mass is 465 g/mol. The van der Waals surface area contributed by atoms with Crippen LogP contribution in [0, 0.1) is 20.6 Å². The van der Waals surface area contributed by atoms with Gasteiger partial charge in [-0.05, 0) is 47.2 Å². The summed E-state index contributed by atoms with van der Waals surface area (Å²) in [6.07, 6.45) is 1.73. The first-order chi connectivity index (χ1) is 12.0. The Bertz CT molecular complexity index is 958. The van der Waals surface area contributed by atoms with E-state index < -0.39 is 4.92 Å². The maximum Gasteiger partial charge on any atom is 0.270 e. The summed E-state index contributed by atoms with van der Waals surface area (Å²) in [6.45, 7) is 1.89. The SMILES string of the molecule is Cc1ccc(-c2nccs2)cc1NC(=O)c1cc([N+](=O)[O-])ccc1I. The third-order valence-corrected chi connectivity index (χ3v) is 5.33. The molecule has 0 saturated carbocycles. The molecule has 0 unspecified atom stereocenters. The van der Waals surface area contributed by atoms with Gasteiger partial charge in [0, 0.05) is 38.5 Å². The average molecular weight is 465 g/mol. The number of nitrogens with zero attached hydrogens (tertiary/aromatic N) is 2. The number of rotatable bonds is 4. The number of benzene rings is 2. The van der Waals surface area contributed by atoms with Gasteiger partial charge in [-0.1, -0.05) is 12.1 Å². The van der Waals surface area contributed by atoms with Gasteiger partial charge in [-0.2, -0.15) is 0 Å². The van der Waals surface area contributed by atoms with Gasteiger partial charge in [-0.15, -0.1) is 11.3 Å². The lowest BCUT2D eigenvalue weighted by atomic mass is 10.1. The van der Waals surface area contributed by atoms with E-state index in [2.05, 4.69) is 10.3 Å². The number of nitro groups is 1. The van der Waals surface area contributed by atoms with Gasteiger partial charge in [0.05, 0.1) is 10.5 Å². The Morgan fingerprint density at radius 1 is 1.28 bits per heavy atom. The lowest BCUT2D eigenvalue weighted by Gasteiger charge is -2.11. The third-order valence-electron chi connectivity index (χ3n) is 3.57. The van der Waals surface area contributed by atoms with Crippen molar-refractivity contribution in [3.05, 3.63) is 72.8 Å². The topological polar surface area (TPSA) is 85.1 Å². The zero-order chi connectivity index (χ0) is 18.0. The highest BCUT2D eigenvalue weighted by Crippen LogP contribution is 2.28. The van der Waals surface area contributed by atoms with Crippen molar-refractivity contribution in [2.24, 2.45) is 0 Å². The van der Waals surface area contributed by atoms with Crippen LogP contribution in [0.3, 0.4) is 0 Å². The quantitative estimate of drug-likeness (QED) is 0.338. The molecule has 3 aromatic rings. The highest BCUT2D eigenvalue weighted by atomic mass is 127. The second kappa shape index (κ2) is 7.28. The summed E-state index contributed by atoms with van der Waals surface area (Å²) in [4.78, 5) is 27.3. The molecule has 0 aliphatic rings. The number of halogens is 1. The maximum absolute atomic E-state index is 12.6. The van der Waals surface area contributed by atoms with Crippen molar-refractivity contribution in [2.75, 3.05) is 5.32 Å². The summed E-state index contributed by atoms with van der Waals surface area (Å²) in [5.41, 5.74) is 2.62. The first-order valence-electron chi connectivity index (χ1n) is 7.21. The summed E-state index contributed by atoms with van der Waals surface area (Å²) in [7, 11) is 0. The summed E-state index contributed by atoms with van der Waals surface area (Å²) >= 11 is 3.50. The van der Waals surface area contributed by atoms with Crippen LogP contribution in [-0.2, 0) is 0 Å². The largest absolute Gasteiger partial charge is 0.322 e. The lowest BCUT2D eigenvalue weighted by Crippen LogP contribution is -2.14. The van der Waals surface area contributed by atoms with Crippen LogP contribution in [0.1, 0.15) is 15.9 Å². The van der Waals surface area contributed by atoms with E-state index in [0.717, 1.165) is 16.1 Å². The first-order valence-corrected chi connectivity index (χ1v) is 9.17. The normalized spacial score (nSPS) is 10.5. The fourth-order valence-electron chi connectivity index (χ4n) is 2.25. The van der Waals surface area contributed by atoms with Crippen LogP contribution in [0.4, 0.5) is 11.4 Å². The fourth-order valence-corrected chi connectivity index (χ4v) is 3.46. The van der Waals surface area contributed by atoms with Gasteiger partial charge in [0.25, 0.3) is 11.6 Å². The molecule has 0 atom stereocenters. The van der Waals surface area contributed by atoms with Gasteiger partial charge >= 0.3 is 0 Å². The molecule has 6 nitrogen and oxygen atoms in total. The second-order valence-electron chi connectivity index (χ2n) is 5.24. The summed E-state index contributed by atoms with van der Waals surface area (Å²) in [5, 5.41) is 16.5. The number of anilines is 1. The van der Waals surface area contributed by atoms with E-state index in [1.165, 1.54) is 23.5 Å². The number of carbonyl (C=O) groups excluding carboxylic acids is 1. The number of nitro benzene ring substituents is 1. The molecule has 126 valence electrons. The van der Waals surface area contributed by atoms with Crippen molar-refractivity contribution in [3.63, 3.8) is 0 Å². The molecule has 0 aliphatic heterocycles. The molecule has 2 aromatic carbocycles. The molecule has 8 heteroatoms. The molecular weight excluding hydrogens is 453 g/mol. The van der Waals surface area contributed by atoms with Crippen molar-refractivity contribution in [1.82, 2.24) is 4.98 Å². The Hall–Kier alpha value is -2.33.